The number of hydrogen-bond acceptors (Lipinski definition) is 6. The standard InChI is InChI=1S/C39H36N4O2/c1-24-13-26(16-34(38(3,4)5)36(24)44-32-11-9-28(20-40)30(18-32)22-42)15-27-14-25(2)37(35(17-27)39(6,7)8)45-33-12-10-29(21-41)31(19-33)23-43/h9-14,16-19H,15H2,1-8H3. The minimum Gasteiger partial charge on any atom is -0.457 e. The molecule has 0 fully saturated rings. The van der Waals surface area contributed by atoms with Gasteiger partial charge >= 0.3 is 0 Å². The van der Waals surface area contributed by atoms with E-state index in [1.807, 2.05) is 26.0 Å². The van der Waals surface area contributed by atoms with Crippen LogP contribution in [0.2, 0.25) is 0 Å². The van der Waals surface area contributed by atoms with E-state index in [1.165, 1.54) is 0 Å². The van der Waals surface area contributed by atoms with Crippen molar-refractivity contribution in [1.82, 2.24) is 0 Å². The van der Waals surface area contributed by atoms with Gasteiger partial charge in [-0.05, 0) is 89.8 Å². The Morgan fingerprint density at radius 2 is 0.867 bits per heavy atom. The Kier molecular flexibility index (Phi) is 9.05. The molecule has 4 rings (SSSR count). The summed E-state index contributed by atoms with van der Waals surface area (Å²) in [6.45, 7) is 16.9. The highest BCUT2D eigenvalue weighted by Gasteiger charge is 2.25. The monoisotopic (exact) mass is 592 g/mol. The van der Waals surface area contributed by atoms with Crippen molar-refractivity contribution in [3.05, 3.63) is 116 Å². The molecule has 0 bridgehead atoms. The third-order valence-corrected chi connectivity index (χ3v) is 7.60. The molecule has 0 amide bonds. The van der Waals surface area contributed by atoms with Crippen LogP contribution >= 0.6 is 0 Å². The fraction of sp³-hybridized carbons (Fsp3) is 0.282. The second-order valence-electron chi connectivity index (χ2n) is 13.3. The van der Waals surface area contributed by atoms with E-state index in [-0.39, 0.29) is 22.0 Å². The van der Waals surface area contributed by atoms with Crippen LogP contribution in [0.5, 0.6) is 23.0 Å². The lowest BCUT2D eigenvalue weighted by atomic mass is 9.82. The topological polar surface area (TPSA) is 114 Å². The molecule has 0 radical (unpaired) electrons. The van der Waals surface area contributed by atoms with E-state index in [4.69, 9.17) is 9.47 Å². The number of nitriles is 4. The van der Waals surface area contributed by atoms with Gasteiger partial charge in [0, 0.05) is 11.1 Å². The van der Waals surface area contributed by atoms with Gasteiger partial charge in [0.25, 0.3) is 0 Å². The van der Waals surface area contributed by atoms with Crippen molar-refractivity contribution >= 4 is 0 Å². The van der Waals surface area contributed by atoms with Crippen molar-refractivity contribution in [2.45, 2.75) is 72.6 Å². The van der Waals surface area contributed by atoms with Gasteiger partial charge in [-0.15, -0.1) is 0 Å². The van der Waals surface area contributed by atoms with E-state index >= 15 is 0 Å². The third kappa shape index (κ3) is 7.16. The first-order valence-corrected chi connectivity index (χ1v) is 14.7. The Balaban J connectivity index is 1.73. The summed E-state index contributed by atoms with van der Waals surface area (Å²) in [6, 6.07) is 26.8. The van der Waals surface area contributed by atoms with Crippen LogP contribution < -0.4 is 9.47 Å². The molecule has 6 nitrogen and oxygen atoms in total. The summed E-state index contributed by atoms with van der Waals surface area (Å²) in [7, 11) is 0. The summed E-state index contributed by atoms with van der Waals surface area (Å²) in [4.78, 5) is 0. The average molecular weight is 593 g/mol. The summed E-state index contributed by atoms with van der Waals surface area (Å²) >= 11 is 0. The second kappa shape index (κ2) is 12.6. The predicted octanol–water partition coefficient (Wildman–Crippen LogP) is 9.56. The van der Waals surface area contributed by atoms with Crippen molar-refractivity contribution in [3.8, 4) is 47.3 Å². The van der Waals surface area contributed by atoms with Crippen molar-refractivity contribution in [1.29, 1.82) is 21.0 Å². The van der Waals surface area contributed by atoms with Crippen molar-refractivity contribution in [2.75, 3.05) is 0 Å². The lowest BCUT2D eigenvalue weighted by molar-refractivity contribution is 0.451. The van der Waals surface area contributed by atoms with Crippen molar-refractivity contribution < 1.29 is 9.47 Å². The van der Waals surface area contributed by atoms with Crippen LogP contribution in [-0.2, 0) is 17.3 Å². The summed E-state index contributed by atoms with van der Waals surface area (Å²) in [5.41, 5.74) is 7.06. The van der Waals surface area contributed by atoms with Gasteiger partial charge in [-0.1, -0.05) is 65.8 Å². The zero-order chi connectivity index (χ0) is 33.1. The molecule has 0 aliphatic rings. The van der Waals surface area contributed by atoms with Crippen LogP contribution in [0.15, 0.2) is 60.7 Å². The normalized spacial score (nSPS) is 11.1. The molecule has 0 aliphatic carbocycles. The van der Waals surface area contributed by atoms with E-state index in [9.17, 15) is 21.0 Å². The Morgan fingerprint density at radius 1 is 0.511 bits per heavy atom. The number of hydrogen-bond donors (Lipinski definition) is 0. The Labute approximate surface area is 266 Å². The maximum atomic E-state index is 9.49. The molecule has 4 aromatic carbocycles. The quantitative estimate of drug-likeness (QED) is 0.220. The number of nitrogens with zero attached hydrogens (tertiary/aromatic N) is 4. The largest absolute Gasteiger partial charge is 0.457 e. The first-order valence-electron chi connectivity index (χ1n) is 14.7. The molecule has 0 N–H and O–H groups in total. The Bertz CT molecular complexity index is 1820. The molecule has 0 aliphatic heterocycles. The highest BCUT2D eigenvalue weighted by atomic mass is 16.5. The molecule has 6 heteroatoms. The van der Waals surface area contributed by atoms with Crippen molar-refractivity contribution in [3.63, 3.8) is 0 Å². The minimum atomic E-state index is -0.228. The van der Waals surface area contributed by atoms with E-state index in [1.54, 1.807) is 36.4 Å². The van der Waals surface area contributed by atoms with Crippen LogP contribution in [0, 0.1) is 59.2 Å². The first-order chi connectivity index (χ1) is 21.2. The van der Waals surface area contributed by atoms with Crippen LogP contribution in [-0.4, -0.2) is 0 Å². The van der Waals surface area contributed by atoms with E-state index in [0.29, 0.717) is 29.0 Å². The molecular formula is C39H36N4O2. The molecule has 224 valence electrons. The molecule has 0 aromatic heterocycles. The van der Waals surface area contributed by atoms with Gasteiger partial charge in [-0.3, -0.25) is 0 Å². The van der Waals surface area contributed by atoms with Gasteiger partial charge in [0.15, 0.2) is 0 Å². The fourth-order valence-electron chi connectivity index (χ4n) is 5.31. The highest BCUT2D eigenvalue weighted by Crippen LogP contribution is 2.41. The minimum absolute atomic E-state index is 0.228. The summed E-state index contributed by atoms with van der Waals surface area (Å²) in [5, 5.41) is 37.6. The molecular weight excluding hydrogens is 556 g/mol. The third-order valence-electron chi connectivity index (χ3n) is 7.60. The van der Waals surface area contributed by atoms with Crippen LogP contribution in [0.1, 0.15) is 97.2 Å². The molecule has 0 saturated heterocycles. The van der Waals surface area contributed by atoms with Gasteiger partial charge in [-0.25, -0.2) is 0 Å². The smallest absolute Gasteiger partial charge is 0.134 e. The van der Waals surface area contributed by atoms with E-state index < -0.39 is 0 Å². The molecule has 0 saturated carbocycles. The molecule has 0 atom stereocenters. The van der Waals surface area contributed by atoms with Gasteiger partial charge < -0.3 is 9.47 Å². The number of rotatable bonds is 6. The molecule has 4 aromatic rings. The summed E-state index contributed by atoms with van der Waals surface area (Å²) < 4.78 is 12.8. The van der Waals surface area contributed by atoms with Gasteiger partial charge in [-0.2, -0.15) is 21.0 Å². The molecule has 0 unspecified atom stereocenters. The van der Waals surface area contributed by atoms with Crippen molar-refractivity contribution in [2.24, 2.45) is 0 Å². The van der Waals surface area contributed by atoms with Gasteiger partial charge in [0.2, 0.25) is 0 Å². The Hall–Kier alpha value is -5.56. The number of benzene rings is 4. The lowest BCUT2D eigenvalue weighted by Gasteiger charge is -2.27. The van der Waals surface area contributed by atoms with Crippen LogP contribution in [0.3, 0.4) is 0 Å². The van der Waals surface area contributed by atoms with Gasteiger partial charge in [0.1, 0.15) is 47.3 Å². The maximum absolute atomic E-state index is 9.49. The maximum Gasteiger partial charge on any atom is 0.134 e. The van der Waals surface area contributed by atoms with Gasteiger partial charge in [0.05, 0.1) is 22.3 Å². The molecule has 45 heavy (non-hydrogen) atoms. The second-order valence-corrected chi connectivity index (χ2v) is 13.3. The molecule has 0 heterocycles. The van der Waals surface area contributed by atoms with E-state index in [0.717, 1.165) is 44.9 Å². The average Bonchev–Trinajstić information content (AvgIpc) is 2.98. The van der Waals surface area contributed by atoms with Crippen LogP contribution in [0.4, 0.5) is 0 Å². The molecule has 0 spiro atoms. The fourth-order valence-corrected chi connectivity index (χ4v) is 5.31. The number of aryl methyl sites for hydroxylation is 2. The van der Waals surface area contributed by atoms with Crippen LogP contribution in [0.25, 0.3) is 0 Å². The summed E-state index contributed by atoms with van der Waals surface area (Å²) in [6.07, 6.45) is 0.694. The summed E-state index contributed by atoms with van der Waals surface area (Å²) in [5.74, 6) is 2.51. The highest BCUT2D eigenvalue weighted by molar-refractivity contribution is 5.56. The number of ether oxygens (including phenoxy) is 2. The first kappa shape index (κ1) is 32.4. The lowest BCUT2D eigenvalue weighted by Crippen LogP contribution is -2.15. The SMILES string of the molecule is Cc1cc(Cc2cc(C)c(Oc3ccc(C#N)c(C#N)c3)c(C(C)(C)C)c2)cc(C(C)(C)C)c1Oc1ccc(C#N)c(C#N)c1. The Morgan fingerprint density at radius 3 is 1.18 bits per heavy atom. The predicted molar refractivity (Wildman–Crippen MR) is 174 cm³/mol. The van der Waals surface area contributed by atoms with E-state index in [2.05, 4.69) is 77.9 Å². The zero-order valence-corrected chi connectivity index (χ0v) is 27.1. The zero-order valence-electron chi connectivity index (χ0n) is 27.1.